The van der Waals surface area contributed by atoms with Crippen LogP contribution in [-0.4, -0.2) is 63.4 Å². The summed E-state index contributed by atoms with van der Waals surface area (Å²) in [7, 11) is 3.97. The summed E-state index contributed by atoms with van der Waals surface area (Å²) in [6, 6.07) is 15.4. The monoisotopic (exact) mass is 449 g/mol. The van der Waals surface area contributed by atoms with E-state index in [4.69, 9.17) is 4.74 Å². The molecule has 5 rings (SSSR count). The minimum absolute atomic E-state index is 0.599. The number of ether oxygens (including phenoxy) is 1. The van der Waals surface area contributed by atoms with Gasteiger partial charge in [0.2, 0.25) is 0 Å². The Morgan fingerprint density at radius 1 is 0.939 bits per heavy atom. The first-order valence-electron chi connectivity index (χ1n) is 12.7. The van der Waals surface area contributed by atoms with Crippen molar-refractivity contribution in [2.24, 2.45) is 5.92 Å². The molecule has 5 heteroatoms. The maximum atomic E-state index is 10.9. The Hall–Kier alpha value is -2.24. The normalized spacial score (nSPS) is 23.3. The zero-order valence-corrected chi connectivity index (χ0v) is 20.3. The van der Waals surface area contributed by atoms with Crippen molar-refractivity contribution < 1.29 is 9.84 Å². The summed E-state index contributed by atoms with van der Waals surface area (Å²) in [6.45, 7) is 6.60. The third-order valence-corrected chi connectivity index (χ3v) is 8.13. The summed E-state index contributed by atoms with van der Waals surface area (Å²) in [6.07, 6.45) is 6.36. The zero-order chi connectivity index (χ0) is 22.8. The quantitative estimate of drug-likeness (QED) is 0.713. The van der Waals surface area contributed by atoms with Gasteiger partial charge < -0.3 is 24.5 Å². The van der Waals surface area contributed by atoms with Crippen molar-refractivity contribution in [3.63, 3.8) is 0 Å². The van der Waals surface area contributed by atoms with Crippen molar-refractivity contribution in [2.75, 3.05) is 63.2 Å². The van der Waals surface area contributed by atoms with Crippen molar-refractivity contribution >= 4 is 11.4 Å². The number of aliphatic hydroxyl groups is 1. The van der Waals surface area contributed by atoms with Gasteiger partial charge in [0.05, 0.1) is 12.7 Å². The van der Waals surface area contributed by atoms with Crippen LogP contribution >= 0.6 is 0 Å². The third kappa shape index (κ3) is 4.85. The van der Waals surface area contributed by atoms with Gasteiger partial charge >= 0.3 is 0 Å². The number of methoxy groups -OCH3 is 1. The fourth-order valence-electron chi connectivity index (χ4n) is 5.98. The number of benzene rings is 2. The fraction of sp³-hybridized carbons (Fsp3) is 0.571. The topological polar surface area (TPSA) is 39.2 Å². The van der Waals surface area contributed by atoms with Crippen molar-refractivity contribution in [3.05, 3.63) is 53.6 Å². The van der Waals surface area contributed by atoms with Crippen LogP contribution in [-0.2, 0) is 12.0 Å². The molecule has 3 fully saturated rings. The van der Waals surface area contributed by atoms with Gasteiger partial charge in [0, 0.05) is 50.6 Å². The minimum Gasteiger partial charge on any atom is -0.497 e. The van der Waals surface area contributed by atoms with E-state index < -0.39 is 5.60 Å². The summed E-state index contributed by atoms with van der Waals surface area (Å²) < 4.78 is 5.57. The maximum Gasteiger partial charge on any atom is 0.119 e. The lowest BCUT2D eigenvalue weighted by Crippen LogP contribution is -2.44. The van der Waals surface area contributed by atoms with Crippen LogP contribution < -0.4 is 14.5 Å². The van der Waals surface area contributed by atoms with Gasteiger partial charge in [-0.15, -0.1) is 0 Å². The summed E-state index contributed by atoms with van der Waals surface area (Å²) in [5.74, 6) is 1.60. The Bertz CT molecular complexity index is 931. The molecule has 2 heterocycles. The molecular formula is C28H39N3O2. The molecule has 2 aliphatic heterocycles. The van der Waals surface area contributed by atoms with E-state index in [9.17, 15) is 5.11 Å². The van der Waals surface area contributed by atoms with Crippen LogP contribution in [0, 0.1) is 5.92 Å². The number of piperazine rings is 1. The number of rotatable bonds is 6. The van der Waals surface area contributed by atoms with Gasteiger partial charge in [-0.25, -0.2) is 0 Å². The van der Waals surface area contributed by atoms with Gasteiger partial charge in [0.25, 0.3) is 0 Å². The average Bonchev–Trinajstić information content (AvgIpc) is 3.50. The zero-order valence-electron chi connectivity index (χ0n) is 20.3. The maximum absolute atomic E-state index is 10.9. The van der Waals surface area contributed by atoms with Crippen LogP contribution in [0.4, 0.5) is 11.4 Å². The predicted molar refractivity (Wildman–Crippen MR) is 136 cm³/mol. The van der Waals surface area contributed by atoms with E-state index in [1.807, 2.05) is 0 Å². The van der Waals surface area contributed by atoms with Crippen molar-refractivity contribution in [3.8, 4) is 5.75 Å². The number of hydrogen-bond acceptors (Lipinski definition) is 5. The molecule has 5 nitrogen and oxygen atoms in total. The standard InChI is InChI=1S/C28H39N3O2/c1-29-15-17-30(18-16-29)27-10-9-26(33-2)20-23(27)19-22-11-14-31(21-22)25-7-5-24(6-8-25)28(32)12-3-4-13-28/h5-10,20,22,32H,3-4,11-19,21H2,1-2H3. The molecule has 33 heavy (non-hydrogen) atoms. The molecule has 0 bridgehead atoms. The Labute approximate surface area is 198 Å². The summed E-state index contributed by atoms with van der Waals surface area (Å²) in [5.41, 5.74) is 4.58. The number of hydrogen-bond donors (Lipinski definition) is 1. The van der Waals surface area contributed by atoms with Gasteiger partial charge in [-0.3, -0.25) is 0 Å². The first kappa shape index (κ1) is 22.5. The van der Waals surface area contributed by atoms with Crippen LogP contribution in [0.3, 0.4) is 0 Å². The molecule has 0 amide bonds. The van der Waals surface area contributed by atoms with E-state index in [2.05, 4.69) is 64.2 Å². The van der Waals surface area contributed by atoms with E-state index in [1.54, 1.807) is 7.11 Å². The summed E-state index contributed by atoms with van der Waals surface area (Å²) in [4.78, 5) is 7.47. The van der Waals surface area contributed by atoms with Crippen LogP contribution in [0.25, 0.3) is 0 Å². The second-order valence-electron chi connectivity index (χ2n) is 10.4. The molecule has 2 aromatic carbocycles. The first-order valence-corrected chi connectivity index (χ1v) is 12.7. The van der Waals surface area contributed by atoms with Gasteiger partial charge in [-0.2, -0.15) is 0 Å². The fourth-order valence-corrected chi connectivity index (χ4v) is 5.98. The van der Waals surface area contributed by atoms with Crippen LogP contribution in [0.1, 0.15) is 43.2 Å². The Morgan fingerprint density at radius 3 is 2.36 bits per heavy atom. The van der Waals surface area contributed by atoms with E-state index in [1.165, 1.54) is 23.4 Å². The summed E-state index contributed by atoms with van der Waals surface area (Å²) >= 11 is 0. The molecule has 2 saturated heterocycles. The SMILES string of the molecule is COc1ccc(N2CCN(C)CC2)c(CC2CCN(c3ccc(C4(O)CCCC4)cc3)C2)c1. The highest BCUT2D eigenvalue weighted by Crippen LogP contribution is 2.39. The number of anilines is 2. The van der Waals surface area contributed by atoms with Gasteiger partial charge in [0.1, 0.15) is 5.75 Å². The Kier molecular flexibility index (Phi) is 6.53. The molecule has 1 unspecified atom stereocenters. The van der Waals surface area contributed by atoms with Gasteiger partial charge in [0.15, 0.2) is 0 Å². The molecule has 178 valence electrons. The van der Waals surface area contributed by atoms with E-state index >= 15 is 0 Å². The molecule has 1 N–H and O–H groups in total. The predicted octanol–water partition coefficient (Wildman–Crippen LogP) is 4.28. The molecule has 2 aromatic rings. The highest BCUT2D eigenvalue weighted by molar-refractivity contribution is 5.57. The largest absolute Gasteiger partial charge is 0.497 e. The average molecular weight is 450 g/mol. The third-order valence-electron chi connectivity index (χ3n) is 8.13. The second-order valence-corrected chi connectivity index (χ2v) is 10.4. The lowest BCUT2D eigenvalue weighted by Gasteiger charge is -2.35. The van der Waals surface area contributed by atoms with Crippen molar-refractivity contribution in [2.45, 2.75) is 44.1 Å². The van der Waals surface area contributed by atoms with E-state index in [-0.39, 0.29) is 0 Å². The highest BCUT2D eigenvalue weighted by atomic mass is 16.5. The molecule has 0 aromatic heterocycles. The Morgan fingerprint density at radius 2 is 1.67 bits per heavy atom. The first-order chi connectivity index (χ1) is 16.0. The molecule has 0 spiro atoms. The van der Waals surface area contributed by atoms with Crippen LogP contribution in [0.2, 0.25) is 0 Å². The van der Waals surface area contributed by atoms with Crippen molar-refractivity contribution in [1.82, 2.24) is 4.90 Å². The minimum atomic E-state index is -0.599. The highest BCUT2D eigenvalue weighted by Gasteiger charge is 2.33. The number of nitrogens with zero attached hydrogens (tertiary/aromatic N) is 3. The molecule has 1 atom stereocenters. The van der Waals surface area contributed by atoms with E-state index in [0.29, 0.717) is 5.92 Å². The second kappa shape index (κ2) is 9.55. The molecule has 1 aliphatic carbocycles. The Balaban J connectivity index is 1.26. The lowest BCUT2D eigenvalue weighted by molar-refractivity contribution is 0.0445. The van der Waals surface area contributed by atoms with Gasteiger partial charge in [-0.1, -0.05) is 25.0 Å². The number of likely N-dealkylation sites (N-methyl/N-ethyl adjacent to an activating group) is 1. The molecule has 0 radical (unpaired) electrons. The van der Waals surface area contributed by atoms with Crippen molar-refractivity contribution in [1.29, 1.82) is 0 Å². The van der Waals surface area contributed by atoms with Crippen LogP contribution in [0.15, 0.2) is 42.5 Å². The van der Waals surface area contributed by atoms with Crippen LogP contribution in [0.5, 0.6) is 5.75 Å². The lowest BCUT2D eigenvalue weighted by atomic mass is 9.92. The smallest absolute Gasteiger partial charge is 0.119 e. The molecule has 1 saturated carbocycles. The van der Waals surface area contributed by atoms with Gasteiger partial charge in [-0.05, 0) is 80.1 Å². The molecule has 3 aliphatic rings. The summed E-state index contributed by atoms with van der Waals surface area (Å²) in [5, 5.41) is 10.9. The molecular weight excluding hydrogens is 410 g/mol. The van der Waals surface area contributed by atoms with E-state index in [0.717, 1.165) is 82.7 Å².